The molecule has 2 nitrogen and oxygen atoms in total. The molecule has 1 heterocycles. The van der Waals surface area contributed by atoms with Gasteiger partial charge in [-0.25, -0.2) is 0 Å². The van der Waals surface area contributed by atoms with Crippen molar-refractivity contribution >= 4 is 11.6 Å². The Labute approximate surface area is 76.1 Å². The van der Waals surface area contributed by atoms with Gasteiger partial charge in [-0.15, -0.1) is 0 Å². The van der Waals surface area contributed by atoms with Gasteiger partial charge in [0, 0.05) is 19.1 Å². The van der Waals surface area contributed by atoms with E-state index in [1.54, 1.807) is 7.11 Å². The lowest BCUT2D eigenvalue weighted by Gasteiger charge is -2.07. The van der Waals surface area contributed by atoms with Crippen molar-refractivity contribution in [2.45, 2.75) is 12.7 Å². The lowest BCUT2D eigenvalue weighted by Crippen LogP contribution is -2.14. The predicted molar refractivity (Wildman–Crippen MR) is 46.6 cm³/mol. The second kappa shape index (κ2) is 2.96. The molecule has 2 rings (SSSR count). The average Bonchev–Trinajstić information content (AvgIpc) is 2.49. The van der Waals surface area contributed by atoms with Gasteiger partial charge < -0.3 is 9.47 Å². The molecule has 12 heavy (non-hydrogen) atoms. The number of benzene rings is 1. The quantitative estimate of drug-likeness (QED) is 0.667. The molecular formula is C9H9ClO2. The van der Waals surface area contributed by atoms with Crippen LogP contribution in [0.5, 0.6) is 5.75 Å². The maximum Gasteiger partial charge on any atom is 0.203 e. The number of para-hydroxylation sites is 1. The number of hydrogen-bond donors (Lipinski definition) is 0. The fourth-order valence-corrected chi connectivity index (χ4v) is 1.57. The summed E-state index contributed by atoms with van der Waals surface area (Å²) >= 11 is 5.91. The van der Waals surface area contributed by atoms with Crippen LogP contribution in [-0.4, -0.2) is 13.4 Å². The lowest BCUT2D eigenvalue weighted by molar-refractivity contribution is -0.0367. The molecule has 1 aliphatic rings. The van der Waals surface area contributed by atoms with Gasteiger partial charge >= 0.3 is 0 Å². The van der Waals surface area contributed by atoms with Crippen LogP contribution in [0.2, 0.25) is 5.02 Å². The maximum atomic E-state index is 5.91. The van der Waals surface area contributed by atoms with Gasteiger partial charge in [0.05, 0.1) is 5.02 Å². The third-order valence-corrected chi connectivity index (χ3v) is 2.24. The molecule has 0 saturated heterocycles. The monoisotopic (exact) mass is 184 g/mol. The van der Waals surface area contributed by atoms with Crippen molar-refractivity contribution in [2.24, 2.45) is 0 Å². The van der Waals surface area contributed by atoms with Crippen molar-refractivity contribution in [3.8, 4) is 5.75 Å². The minimum absolute atomic E-state index is 0.167. The van der Waals surface area contributed by atoms with Crippen LogP contribution in [0.25, 0.3) is 0 Å². The van der Waals surface area contributed by atoms with E-state index in [1.807, 2.05) is 18.2 Å². The number of methoxy groups -OCH3 is 1. The van der Waals surface area contributed by atoms with Gasteiger partial charge in [-0.2, -0.15) is 0 Å². The fourth-order valence-electron chi connectivity index (χ4n) is 1.33. The summed E-state index contributed by atoms with van der Waals surface area (Å²) in [7, 11) is 1.63. The second-order valence-electron chi connectivity index (χ2n) is 2.72. The molecule has 1 aromatic carbocycles. The van der Waals surface area contributed by atoms with Gasteiger partial charge in [0.2, 0.25) is 6.29 Å². The number of rotatable bonds is 1. The highest BCUT2D eigenvalue weighted by atomic mass is 35.5. The first kappa shape index (κ1) is 7.90. The third kappa shape index (κ3) is 1.17. The van der Waals surface area contributed by atoms with Crippen molar-refractivity contribution in [1.82, 2.24) is 0 Å². The Morgan fingerprint density at radius 2 is 2.42 bits per heavy atom. The van der Waals surface area contributed by atoms with Gasteiger partial charge in [-0.1, -0.05) is 23.7 Å². The largest absolute Gasteiger partial charge is 0.463 e. The minimum atomic E-state index is -0.167. The van der Waals surface area contributed by atoms with E-state index in [1.165, 1.54) is 0 Å². The Kier molecular flexibility index (Phi) is 1.95. The Morgan fingerprint density at radius 3 is 3.08 bits per heavy atom. The Hall–Kier alpha value is -0.730. The molecule has 0 bridgehead atoms. The summed E-state index contributed by atoms with van der Waals surface area (Å²) in [5.74, 6) is 0.769. The van der Waals surface area contributed by atoms with Gasteiger partial charge in [0.15, 0.2) is 0 Å². The summed E-state index contributed by atoms with van der Waals surface area (Å²) in [6.07, 6.45) is 0.617. The first-order chi connectivity index (χ1) is 5.81. The van der Waals surface area contributed by atoms with Crippen LogP contribution in [0.3, 0.4) is 0 Å². The molecule has 1 aromatic rings. The summed E-state index contributed by atoms with van der Waals surface area (Å²) in [5, 5.41) is 0.659. The molecule has 0 N–H and O–H groups in total. The molecule has 3 heteroatoms. The lowest BCUT2D eigenvalue weighted by atomic mass is 10.2. The normalized spacial score (nSPS) is 20.3. The fraction of sp³-hybridized carbons (Fsp3) is 0.333. The van der Waals surface area contributed by atoms with Crippen LogP contribution in [0.4, 0.5) is 0 Å². The zero-order valence-corrected chi connectivity index (χ0v) is 7.47. The maximum absolute atomic E-state index is 5.91. The van der Waals surface area contributed by atoms with Crippen molar-refractivity contribution in [1.29, 1.82) is 0 Å². The summed E-state index contributed by atoms with van der Waals surface area (Å²) in [4.78, 5) is 0. The van der Waals surface area contributed by atoms with Gasteiger partial charge in [0.1, 0.15) is 5.75 Å². The number of halogens is 1. The summed E-state index contributed by atoms with van der Waals surface area (Å²) < 4.78 is 10.5. The number of hydrogen-bond acceptors (Lipinski definition) is 2. The van der Waals surface area contributed by atoms with Crippen LogP contribution in [-0.2, 0) is 11.2 Å². The molecule has 0 spiro atoms. The molecule has 1 aliphatic heterocycles. The van der Waals surface area contributed by atoms with E-state index in [4.69, 9.17) is 21.1 Å². The number of ether oxygens (including phenoxy) is 2. The SMILES string of the molecule is COC1Cc2cccc(Cl)c2O1. The van der Waals surface area contributed by atoms with Gasteiger partial charge in [0.25, 0.3) is 0 Å². The molecule has 0 amide bonds. The van der Waals surface area contributed by atoms with Gasteiger partial charge in [-0.05, 0) is 6.07 Å². The van der Waals surface area contributed by atoms with E-state index in [9.17, 15) is 0 Å². The van der Waals surface area contributed by atoms with Crippen molar-refractivity contribution < 1.29 is 9.47 Å². The number of fused-ring (bicyclic) bond motifs is 1. The summed E-state index contributed by atoms with van der Waals surface area (Å²) in [5.41, 5.74) is 1.12. The zero-order chi connectivity index (χ0) is 8.55. The van der Waals surface area contributed by atoms with Crippen LogP contribution >= 0.6 is 11.6 Å². The first-order valence-corrected chi connectivity index (χ1v) is 4.16. The summed E-state index contributed by atoms with van der Waals surface area (Å²) in [6, 6.07) is 5.74. The van der Waals surface area contributed by atoms with Crippen molar-refractivity contribution in [3.63, 3.8) is 0 Å². The highest BCUT2D eigenvalue weighted by molar-refractivity contribution is 6.32. The van der Waals surface area contributed by atoms with E-state index < -0.39 is 0 Å². The summed E-state index contributed by atoms with van der Waals surface area (Å²) in [6.45, 7) is 0. The topological polar surface area (TPSA) is 18.5 Å². The molecule has 1 atom stereocenters. The second-order valence-corrected chi connectivity index (χ2v) is 3.12. The molecule has 0 radical (unpaired) electrons. The van der Waals surface area contributed by atoms with Crippen molar-refractivity contribution in [2.75, 3.05) is 7.11 Å². The zero-order valence-electron chi connectivity index (χ0n) is 6.71. The highest BCUT2D eigenvalue weighted by Gasteiger charge is 2.23. The third-order valence-electron chi connectivity index (χ3n) is 1.95. The van der Waals surface area contributed by atoms with E-state index in [0.29, 0.717) is 5.02 Å². The van der Waals surface area contributed by atoms with Crippen molar-refractivity contribution in [3.05, 3.63) is 28.8 Å². The van der Waals surface area contributed by atoms with E-state index in [0.717, 1.165) is 17.7 Å². The van der Waals surface area contributed by atoms with Crippen LogP contribution < -0.4 is 4.74 Å². The molecule has 0 aliphatic carbocycles. The molecule has 0 saturated carbocycles. The smallest absolute Gasteiger partial charge is 0.203 e. The predicted octanol–water partition coefficient (Wildman–Crippen LogP) is 2.25. The Bertz CT molecular complexity index is 299. The Morgan fingerprint density at radius 1 is 1.58 bits per heavy atom. The Balaban J connectivity index is 2.35. The first-order valence-electron chi connectivity index (χ1n) is 3.78. The highest BCUT2D eigenvalue weighted by Crippen LogP contribution is 2.35. The molecular weight excluding hydrogens is 176 g/mol. The molecule has 64 valence electrons. The molecule has 0 fully saturated rings. The standard InChI is InChI=1S/C9H9ClO2/c1-11-8-5-6-3-2-4-7(10)9(6)12-8/h2-4,8H,5H2,1H3. The van der Waals surface area contributed by atoms with Crippen LogP contribution in [0, 0.1) is 0 Å². The average molecular weight is 185 g/mol. The molecule has 1 unspecified atom stereocenters. The van der Waals surface area contributed by atoms with E-state index in [-0.39, 0.29) is 6.29 Å². The van der Waals surface area contributed by atoms with E-state index >= 15 is 0 Å². The minimum Gasteiger partial charge on any atom is -0.463 e. The van der Waals surface area contributed by atoms with E-state index in [2.05, 4.69) is 0 Å². The van der Waals surface area contributed by atoms with Crippen LogP contribution in [0.15, 0.2) is 18.2 Å². The van der Waals surface area contributed by atoms with Crippen LogP contribution in [0.1, 0.15) is 5.56 Å². The molecule has 0 aromatic heterocycles. The van der Waals surface area contributed by atoms with Gasteiger partial charge in [-0.3, -0.25) is 0 Å².